The van der Waals surface area contributed by atoms with Crippen molar-refractivity contribution in [2.24, 2.45) is 5.92 Å². The number of ether oxygens (including phenoxy) is 1. The standard InChI is InChI=1S/C18H29NO/c1-3-15-7-6-9-17(12-11-15)19-14-13-16-8-4-5-10-18(16)20-2/h4-5,8,10,15,17,19H,3,6-7,9,11-14H2,1-2H3. The number of benzene rings is 1. The second kappa shape index (κ2) is 8.31. The van der Waals surface area contributed by atoms with Gasteiger partial charge in [-0.2, -0.15) is 0 Å². The molecule has 1 aromatic carbocycles. The van der Waals surface area contributed by atoms with Crippen LogP contribution in [0.4, 0.5) is 0 Å². The molecule has 2 atom stereocenters. The zero-order chi connectivity index (χ0) is 14.2. The van der Waals surface area contributed by atoms with Crippen LogP contribution in [0.2, 0.25) is 0 Å². The molecule has 20 heavy (non-hydrogen) atoms. The highest BCUT2D eigenvalue weighted by Gasteiger charge is 2.17. The molecule has 1 N–H and O–H groups in total. The molecule has 1 fully saturated rings. The highest BCUT2D eigenvalue weighted by molar-refractivity contribution is 5.33. The van der Waals surface area contributed by atoms with Gasteiger partial charge < -0.3 is 10.1 Å². The largest absolute Gasteiger partial charge is 0.496 e. The van der Waals surface area contributed by atoms with Crippen molar-refractivity contribution < 1.29 is 4.74 Å². The highest BCUT2D eigenvalue weighted by atomic mass is 16.5. The first-order valence-corrected chi connectivity index (χ1v) is 8.18. The van der Waals surface area contributed by atoms with E-state index in [4.69, 9.17) is 4.74 Å². The molecule has 1 saturated carbocycles. The van der Waals surface area contributed by atoms with E-state index in [1.165, 1.54) is 44.1 Å². The summed E-state index contributed by atoms with van der Waals surface area (Å²) in [5.74, 6) is 1.98. The van der Waals surface area contributed by atoms with E-state index in [-0.39, 0.29) is 0 Å². The van der Waals surface area contributed by atoms with Gasteiger partial charge in [-0.1, -0.05) is 44.4 Å². The van der Waals surface area contributed by atoms with Gasteiger partial charge >= 0.3 is 0 Å². The van der Waals surface area contributed by atoms with E-state index in [1.807, 2.05) is 12.1 Å². The van der Waals surface area contributed by atoms with Crippen LogP contribution in [-0.4, -0.2) is 19.7 Å². The maximum Gasteiger partial charge on any atom is 0.122 e. The lowest BCUT2D eigenvalue weighted by molar-refractivity contribution is 0.405. The minimum atomic E-state index is 0.723. The average molecular weight is 275 g/mol. The van der Waals surface area contributed by atoms with Gasteiger partial charge in [-0.05, 0) is 49.8 Å². The second-order valence-corrected chi connectivity index (χ2v) is 6.00. The molecule has 2 nitrogen and oxygen atoms in total. The summed E-state index contributed by atoms with van der Waals surface area (Å²) < 4.78 is 5.41. The summed E-state index contributed by atoms with van der Waals surface area (Å²) in [6.45, 7) is 3.39. The van der Waals surface area contributed by atoms with Crippen molar-refractivity contribution in [1.29, 1.82) is 0 Å². The third-order valence-corrected chi connectivity index (χ3v) is 4.69. The summed E-state index contributed by atoms with van der Waals surface area (Å²) in [6.07, 6.45) is 9.34. The van der Waals surface area contributed by atoms with Crippen LogP contribution >= 0.6 is 0 Å². The summed E-state index contributed by atoms with van der Waals surface area (Å²) in [4.78, 5) is 0. The molecule has 0 aliphatic heterocycles. The van der Waals surface area contributed by atoms with Gasteiger partial charge in [0.05, 0.1) is 7.11 Å². The van der Waals surface area contributed by atoms with Crippen molar-refractivity contribution in [3.05, 3.63) is 29.8 Å². The smallest absolute Gasteiger partial charge is 0.122 e. The van der Waals surface area contributed by atoms with E-state index in [0.717, 1.165) is 30.7 Å². The lowest BCUT2D eigenvalue weighted by Crippen LogP contribution is -2.30. The molecule has 1 aliphatic rings. The molecular weight excluding hydrogens is 246 g/mol. The lowest BCUT2D eigenvalue weighted by Gasteiger charge is -2.17. The highest BCUT2D eigenvalue weighted by Crippen LogP contribution is 2.25. The molecule has 2 unspecified atom stereocenters. The van der Waals surface area contributed by atoms with Gasteiger partial charge in [0, 0.05) is 6.04 Å². The molecule has 1 aliphatic carbocycles. The third-order valence-electron chi connectivity index (χ3n) is 4.69. The fourth-order valence-corrected chi connectivity index (χ4v) is 3.31. The quantitative estimate of drug-likeness (QED) is 0.786. The maximum absolute atomic E-state index is 5.41. The van der Waals surface area contributed by atoms with Gasteiger partial charge in [0.1, 0.15) is 5.75 Å². The van der Waals surface area contributed by atoms with Crippen LogP contribution in [0.3, 0.4) is 0 Å². The van der Waals surface area contributed by atoms with E-state index in [0.29, 0.717) is 0 Å². The predicted molar refractivity (Wildman–Crippen MR) is 85.4 cm³/mol. The molecule has 0 amide bonds. The average Bonchev–Trinajstić information content (AvgIpc) is 2.73. The van der Waals surface area contributed by atoms with E-state index >= 15 is 0 Å². The van der Waals surface area contributed by atoms with Crippen LogP contribution in [0.5, 0.6) is 5.75 Å². The number of hydrogen-bond acceptors (Lipinski definition) is 2. The molecule has 0 bridgehead atoms. The van der Waals surface area contributed by atoms with Crippen LogP contribution in [0.15, 0.2) is 24.3 Å². The molecule has 0 heterocycles. The molecule has 0 radical (unpaired) electrons. The topological polar surface area (TPSA) is 21.3 Å². The Hall–Kier alpha value is -1.02. The third kappa shape index (κ3) is 4.52. The first-order valence-electron chi connectivity index (χ1n) is 8.18. The normalized spacial score (nSPS) is 23.3. The summed E-state index contributed by atoms with van der Waals surface area (Å²) in [5, 5.41) is 3.75. The molecule has 1 aromatic rings. The summed E-state index contributed by atoms with van der Waals surface area (Å²) >= 11 is 0. The van der Waals surface area contributed by atoms with Gasteiger partial charge in [-0.15, -0.1) is 0 Å². The van der Waals surface area contributed by atoms with Gasteiger partial charge in [0.15, 0.2) is 0 Å². The van der Waals surface area contributed by atoms with Crippen molar-refractivity contribution in [2.75, 3.05) is 13.7 Å². The molecule has 0 saturated heterocycles. The number of methoxy groups -OCH3 is 1. The van der Waals surface area contributed by atoms with Crippen LogP contribution in [0.25, 0.3) is 0 Å². The maximum atomic E-state index is 5.41. The van der Waals surface area contributed by atoms with Crippen LogP contribution in [0, 0.1) is 5.92 Å². The Balaban J connectivity index is 1.75. The molecule has 0 spiro atoms. The van der Waals surface area contributed by atoms with Gasteiger partial charge in [-0.3, -0.25) is 0 Å². The Bertz CT molecular complexity index is 391. The van der Waals surface area contributed by atoms with Gasteiger partial charge in [0.2, 0.25) is 0 Å². The number of para-hydroxylation sites is 1. The summed E-state index contributed by atoms with van der Waals surface area (Å²) in [6, 6.07) is 9.07. The zero-order valence-electron chi connectivity index (χ0n) is 13.0. The number of nitrogens with one attached hydrogen (secondary N) is 1. The Labute approximate surface area is 123 Å². The first kappa shape index (κ1) is 15.4. The SMILES string of the molecule is CCC1CCCC(NCCc2ccccc2OC)CC1. The number of rotatable bonds is 6. The Morgan fingerprint density at radius 2 is 2.00 bits per heavy atom. The van der Waals surface area contributed by atoms with Gasteiger partial charge in [0.25, 0.3) is 0 Å². The molecule has 2 rings (SSSR count). The Morgan fingerprint density at radius 1 is 1.15 bits per heavy atom. The molecule has 112 valence electrons. The van der Waals surface area contributed by atoms with Crippen molar-refractivity contribution in [1.82, 2.24) is 5.32 Å². The Morgan fingerprint density at radius 3 is 2.80 bits per heavy atom. The Kier molecular flexibility index (Phi) is 6.38. The second-order valence-electron chi connectivity index (χ2n) is 6.00. The van der Waals surface area contributed by atoms with Crippen molar-refractivity contribution in [3.8, 4) is 5.75 Å². The van der Waals surface area contributed by atoms with Crippen LogP contribution in [0.1, 0.15) is 51.0 Å². The summed E-state index contributed by atoms with van der Waals surface area (Å²) in [5.41, 5.74) is 1.31. The van der Waals surface area contributed by atoms with Crippen molar-refractivity contribution in [2.45, 2.75) is 57.9 Å². The molecule has 0 aromatic heterocycles. The fraction of sp³-hybridized carbons (Fsp3) is 0.667. The van der Waals surface area contributed by atoms with Crippen molar-refractivity contribution >= 4 is 0 Å². The van der Waals surface area contributed by atoms with E-state index < -0.39 is 0 Å². The minimum Gasteiger partial charge on any atom is -0.496 e. The minimum absolute atomic E-state index is 0.723. The van der Waals surface area contributed by atoms with Crippen LogP contribution < -0.4 is 10.1 Å². The molecule has 2 heteroatoms. The number of hydrogen-bond donors (Lipinski definition) is 1. The monoisotopic (exact) mass is 275 g/mol. The molecular formula is C18H29NO. The zero-order valence-corrected chi connectivity index (χ0v) is 13.0. The van der Waals surface area contributed by atoms with Crippen LogP contribution in [-0.2, 0) is 6.42 Å². The fourth-order valence-electron chi connectivity index (χ4n) is 3.31. The lowest BCUT2D eigenvalue weighted by atomic mass is 9.98. The van der Waals surface area contributed by atoms with E-state index in [9.17, 15) is 0 Å². The van der Waals surface area contributed by atoms with E-state index in [1.54, 1.807) is 7.11 Å². The summed E-state index contributed by atoms with van der Waals surface area (Å²) in [7, 11) is 1.75. The van der Waals surface area contributed by atoms with Gasteiger partial charge in [-0.25, -0.2) is 0 Å². The predicted octanol–water partition coefficient (Wildman–Crippen LogP) is 4.19. The van der Waals surface area contributed by atoms with Crippen molar-refractivity contribution in [3.63, 3.8) is 0 Å². The van der Waals surface area contributed by atoms with E-state index in [2.05, 4.69) is 24.4 Å². The first-order chi connectivity index (χ1) is 9.83.